The monoisotopic (exact) mass is 250 g/mol. The number of aliphatic hydroxyl groups is 1. The Bertz CT molecular complexity index is 544. The second-order valence-corrected chi connectivity index (χ2v) is 4.35. The molecule has 2 unspecified atom stereocenters. The van der Waals surface area contributed by atoms with E-state index in [1.165, 1.54) is 0 Å². The molecule has 0 aliphatic carbocycles. The maximum Gasteiger partial charge on any atom is 0.199 e. The Hall–Kier alpha value is -1.80. The highest BCUT2D eigenvalue weighted by Crippen LogP contribution is 2.20. The fourth-order valence-electron chi connectivity index (χ4n) is 2.11. The summed E-state index contributed by atoms with van der Waals surface area (Å²) in [4.78, 5) is 6.24. The van der Waals surface area contributed by atoms with E-state index in [-0.39, 0.29) is 18.8 Å². The van der Waals surface area contributed by atoms with Crippen LogP contribution in [0.25, 0.3) is 5.65 Å². The van der Waals surface area contributed by atoms with Gasteiger partial charge in [0.05, 0.1) is 37.8 Å². The minimum Gasteiger partial charge on any atom is -0.394 e. The van der Waals surface area contributed by atoms with Crippen LogP contribution in [0, 0.1) is 0 Å². The van der Waals surface area contributed by atoms with Gasteiger partial charge in [0, 0.05) is 6.54 Å². The van der Waals surface area contributed by atoms with Crippen LogP contribution in [0.3, 0.4) is 0 Å². The van der Waals surface area contributed by atoms with Gasteiger partial charge in [0.15, 0.2) is 11.5 Å². The van der Waals surface area contributed by atoms with Crippen molar-refractivity contribution in [3.05, 3.63) is 12.4 Å². The SMILES string of the molecule is CC1COC(CO)CN1c1cncc2nnnn12. The van der Waals surface area contributed by atoms with Crippen LogP contribution < -0.4 is 4.90 Å². The molecule has 1 aliphatic rings. The Morgan fingerprint density at radius 2 is 2.39 bits per heavy atom. The van der Waals surface area contributed by atoms with E-state index in [0.29, 0.717) is 18.8 Å². The lowest BCUT2D eigenvalue weighted by molar-refractivity contribution is -0.0107. The van der Waals surface area contributed by atoms with Gasteiger partial charge in [-0.1, -0.05) is 0 Å². The van der Waals surface area contributed by atoms with Gasteiger partial charge >= 0.3 is 0 Å². The van der Waals surface area contributed by atoms with E-state index in [1.54, 1.807) is 16.9 Å². The number of tetrazole rings is 1. The zero-order valence-corrected chi connectivity index (χ0v) is 9.97. The third-order valence-electron chi connectivity index (χ3n) is 3.09. The summed E-state index contributed by atoms with van der Waals surface area (Å²) in [6.45, 7) is 3.21. The van der Waals surface area contributed by atoms with Crippen molar-refractivity contribution in [3.63, 3.8) is 0 Å². The van der Waals surface area contributed by atoms with Gasteiger partial charge in [-0.3, -0.25) is 4.98 Å². The Balaban J connectivity index is 1.99. The molecule has 3 rings (SSSR count). The molecule has 1 aliphatic heterocycles. The lowest BCUT2D eigenvalue weighted by atomic mass is 10.2. The van der Waals surface area contributed by atoms with Crippen molar-refractivity contribution in [1.82, 2.24) is 25.0 Å². The first-order valence-electron chi connectivity index (χ1n) is 5.81. The van der Waals surface area contributed by atoms with E-state index in [2.05, 4.69) is 32.3 Å². The molecule has 3 heterocycles. The molecular formula is C10H14N6O2. The molecule has 0 bridgehead atoms. The van der Waals surface area contributed by atoms with Gasteiger partial charge in [0.25, 0.3) is 0 Å². The molecule has 96 valence electrons. The van der Waals surface area contributed by atoms with Gasteiger partial charge < -0.3 is 14.7 Å². The molecule has 18 heavy (non-hydrogen) atoms. The molecule has 8 nitrogen and oxygen atoms in total. The molecule has 2 atom stereocenters. The van der Waals surface area contributed by atoms with E-state index in [9.17, 15) is 5.11 Å². The average Bonchev–Trinajstić information content (AvgIpc) is 2.87. The highest BCUT2D eigenvalue weighted by molar-refractivity contribution is 5.47. The third-order valence-corrected chi connectivity index (χ3v) is 3.09. The Morgan fingerprint density at radius 3 is 3.22 bits per heavy atom. The summed E-state index contributed by atoms with van der Waals surface area (Å²) >= 11 is 0. The van der Waals surface area contributed by atoms with Crippen LogP contribution in [0.4, 0.5) is 5.82 Å². The number of nitrogens with zero attached hydrogens (tertiary/aromatic N) is 6. The van der Waals surface area contributed by atoms with Crippen molar-refractivity contribution in [3.8, 4) is 0 Å². The zero-order chi connectivity index (χ0) is 12.5. The molecule has 0 saturated carbocycles. The first-order valence-corrected chi connectivity index (χ1v) is 5.81. The van der Waals surface area contributed by atoms with Crippen LogP contribution in [0.5, 0.6) is 0 Å². The molecule has 1 N–H and O–H groups in total. The second kappa shape index (κ2) is 4.46. The van der Waals surface area contributed by atoms with Crippen LogP contribution in [0.1, 0.15) is 6.92 Å². The maximum atomic E-state index is 9.20. The molecule has 0 amide bonds. The van der Waals surface area contributed by atoms with E-state index in [1.807, 2.05) is 0 Å². The summed E-state index contributed by atoms with van der Waals surface area (Å²) in [5.41, 5.74) is 0.603. The number of hydrogen-bond donors (Lipinski definition) is 1. The predicted molar refractivity (Wildman–Crippen MR) is 62.2 cm³/mol. The largest absolute Gasteiger partial charge is 0.394 e. The van der Waals surface area contributed by atoms with Crippen LogP contribution in [0.2, 0.25) is 0 Å². The highest BCUT2D eigenvalue weighted by atomic mass is 16.5. The molecular weight excluding hydrogens is 236 g/mol. The highest BCUT2D eigenvalue weighted by Gasteiger charge is 2.27. The van der Waals surface area contributed by atoms with Gasteiger partial charge in [0.1, 0.15) is 0 Å². The standard InChI is InChI=1S/C10H14N6O2/c1-7-6-18-8(5-17)4-15(7)10-3-11-2-9-12-13-14-16(9)10/h2-3,7-8,17H,4-6H2,1H3. The van der Waals surface area contributed by atoms with Gasteiger partial charge in [-0.15, -0.1) is 5.10 Å². The zero-order valence-electron chi connectivity index (χ0n) is 9.97. The van der Waals surface area contributed by atoms with Crippen molar-refractivity contribution in [2.45, 2.75) is 19.1 Å². The average molecular weight is 250 g/mol. The van der Waals surface area contributed by atoms with E-state index < -0.39 is 0 Å². The molecule has 0 radical (unpaired) electrons. The number of rotatable bonds is 2. The molecule has 0 aromatic carbocycles. The Morgan fingerprint density at radius 1 is 1.50 bits per heavy atom. The molecule has 1 fully saturated rings. The topological polar surface area (TPSA) is 88.7 Å². The van der Waals surface area contributed by atoms with Crippen LogP contribution in [-0.4, -0.2) is 62.0 Å². The van der Waals surface area contributed by atoms with Crippen LogP contribution in [-0.2, 0) is 4.74 Å². The Labute approximate surface area is 103 Å². The number of aromatic nitrogens is 5. The van der Waals surface area contributed by atoms with Gasteiger partial charge in [-0.05, 0) is 17.4 Å². The van der Waals surface area contributed by atoms with Gasteiger partial charge in [-0.2, -0.15) is 4.52 Å². The number of hydrogen-bond acceptors (Lipinski definition) is 7. The summed E-state index contributed by atoms with van der Waals surface area (Å²) in [6, 6.07) is 0.185. The van der Waals surface area contributed by atoms with Crippen molar-refractivity contribution in [1.29, 1.82) is 0 Å². The lowest BCUT2D eigenvalue weighted by Crippen LogP contribution is -2.50. The first-order chi connectivity index (χ1) is 8.79. The van der Waals surface area contributed by atoms with E-state index in [4.69, 9.17) is 4.74 Å². The smallest absolute Gasteiger partial charge is 0.199 e. The summed E-state index contributed by atoms with van der Waals surface area (Å²) in [7, 11) is 0. The lowest BCUT2D eigenvalue weighted by Gasteiger charge is -2.38. The summed E-state index contributed by atoms with van der Waals surface area (Å²) < 4.78 is 7.15. The van der Waals surface area contributed by atoms with Crippen molar-refractivity contribution in [2.24, 2.45) is 0 Å². The van der Waals surface area contributed by atoms with Crippen LogP contribution in [0.15, 0.2) is 12.4 Å². The molecule has 2 aromatic heterocycles. The normalized spacial score (nSPS) is 24.7. The van der Waals surface area contributed by atoms with Crippen molar-refractivity contribution >= 4 is 11.5 Å². The minimum atomic E-state index is -0.187. The molecule has 1 saturated heterocycles. The summed E-state index contributed by atoms with van der Waals surface area (Å²) in [5.74, 6) is 0.812. The van der Waals surface area contributed by atoms with Crippen molar-refractivity contribution < 1.29 is 9.84 Å². The number of ether oxygens (including phenoxy) is 1. The quantitative estimate of drug-likeness (QED) is 0.739. The van der Waals surface area contributed by atoms with Gasteiger partial charge in [0.2, 0.25) is 0 Å². The van der Waals surface area contributed by atoms with E-state index >= 15 is 0 Å². The van der Waals surface area contributed by atoms with Gasteiger partial charge in [-0.25, -0.2) is 0 Å². The fraction of sp³-hybridized carbons (Fsp3) is 0.600. The molecule has 2 aromatic rings. The summed E-state index contributed by atoms with van der Waals surface area (Å²) in [6.07, 6.45) is 3.14. The summed E-state index contributed by atoms with van der Waals surface area (Å²) in [5, 5.41) is 20.7. The van der Waals surface area contributed by atoms with E-state index in [0.717, 1.165) is 5.82 Å². The van der Waals surface area contributed by atoms with Crippen molar-refractivity contribution in [2.75, 3.05) is 24.7 Å². The van der Waals surface area contributed by atoms with Crippen LogP contribution >= 0.6 is 0 Å². The number of morpholine rings is 1. The fourth-order valence-corrected chi connectivity index (χ4v) is 2.11. The third kappa shape index (κ3) is 1.79. The number of aliphatic hydroxyl groups excluding tert-OH is 1. The number of anilines is 1. The second-order valence-electron chi connectivity index (χ2n) is 4.35. The first kappa shape index (κ1) is 11.3. The minimum absolute atomic E-state index is 0.00221. The number of fused-ring (bicyclic) bond motifs is 1. The molecule has 0 spiro atoms. The maximum absolute atomic E-state index is 9.20. The predicted octanol–water partition coefficient (Wildman–Crippen LogP) is -0.895. The molecule has 8 heteroatoms. The Kier molecular flexibility index (Phi) is 2.80.